The molecule has 2 heterocycles. The van der Waals surface area contributed by atoms with Crippen molar-refractivity contribution in [3.63, 3.8) is 0 Å². The summed E-state index contributed by atoms with van der Waals surface area (Å²) in [4.78, 5) is 25.3. The van der Waals surface area contributed by atoms with Crippen LogP contribution in [0, 0.1) is 0 Å². The van der Waals surface area contributed by atoms with Gasteiger partial charge in [-0.15, -0.1) is 11.3 Å². The zero-order chi connectivity index (χ0) is 13.1. The molecule has 0 aliphatic carbocycles. The number of aliphatic carboxylic acids is 1. The quantitative estimate of drug-likeness (QED) is 0.892. The molecule has 2 amide bonds. The van der Waals surface area contributed by atoms with E-state index in [4.69, 9.17) is 5.11 Å². The van der Waals surface area contributed by atoms with Gasteiger partial charge in [0, 0.05) is 21.3 Å². The van der Waals surface area contributed by atoms with Crippen molar-refractivity contribution in [3.8, 4) is 0 Å². The average Bonchev–Trinajstić information content (AvgIpc) is 2.94. The molecule has 98 valence electrons. The van der Waals surface area contributed by atoms with Gasteiger partial charge in [0.25, 0.3) is 0 Å². The lowest BCUT2D eigenvalue weighted by molar-refractivity contribution is -0.141. The highest BCUT2D eigenvalue weighted by Crippen LogP contribution is 2.20. The molecule has 7 heteroatoms. The van der Waals surface area contributed by atoms with Gasteiger partial charge >= 0.3 is 12.0 Å². The first-order valence-electron chi connectivity index (χ1n) is 5.58. The van der Waals surface area contributed by atoms with Crippen molar-refractivity contribution in [1.29, 1.82) is 0 Å². The van der Waals surface area contributed by atoms with Gasteiger partial charge in [0.15, 0.2) is 0 Å². The molecule has 2 N–H and O–H groups in total. The van der Waals surface area contributed by atoms with E-state index in [0.717, 1.165) is 15.8 Å². The smallest absolute Gasteiger partial charge is 0.326 e. The fourth-order valence-electron chi connectivity index (χ4n) is 1.98. The first-order chi connectivity index (χ1) is 8.58. The van der Waals surface area contributed by atoms with E-state index in [1.54, 1.807) is 11.3 Å². The highest BCUT2D eigenvalue weighted by atomic mass is 79.9. The topological polar surface area (TPSA) is 69.6 Å². The minimum atomic E-state index is -0.929. The molecule has 0 spiro atoms. The Labute approximate surface area is 117 Å². The van der Waals surface area contributed by atoms with Gasteiger partial charge in [-0.3, -0.25) is 0 Å². The molecule has 0 aromatic carbocycles. The lowest BCUT2D eigenvalue weighted by Crippen LogP contribution is -2.45. The number of amides is 2. The molecule has 1 saturated heterocycles. The summed E-state index contributed by atoms with van der Waals surface area (Å²) >= 11 is 4.89. The van der Waals surface area contributed by atoms with Gasteiger partial charge in [-0.25, -0.2) is 9.59 Å². The number of urea groups is 1. The summed E-state index contributed by atoms with van der Waals surface area (Å²) in [7, 11) is 0. The predicted molar refractivity (Wildman–Crippen MR) is 71.6 cm³/mol. The highest BCUT2D eigenvalue weighted by Gasteiger charge is 2.33. The second-order valence-electron chi connectivity index (χ2n) is 4.08. The van der Waals surface area contributed by atoms with Crippen LogP contribution in [-0.4, -0.2) is 34.6 Å². The van der Waals surface area contributed by atoms with Crippen molar-refractivity contribution in [2.24, 2.45) is 0 Å². The molecule has 1 aromatic rings. The van der Waals surface area contributed by atoms with Crippen molar-refractivity contribution in [3.05, 3.63) is 20.8 Å². The van der Waals surface area contributed by atoms with Crippen molar-refractivity contribution in [2.75, 3.05) is 6.54 Å². The van der Waals surface area contributed by atoms with Crippen molar-refractivity contribution in [1.82, 2.24) is 10.2 Å². The largest absolute Gasteiger partial charge is 0.480 e. The molecular weight excluding hydrogens is 320 g/mol. The third-order valence-corrected chi connectivity index (χ3v) is 4.53. The summed E-state index contributed by atoms with van der Waals surface area (Å²) in [5.41, 5.74) is 0. The fraction of sp³-hybridized carbons (Fsp3) is 0.455. The molecule has 1 aliphatic heterocycles. The van der Waals surface area contributed by atoms with E-state index in [2.05, 4.69) is 21.2 Å². The van der Waals surface area contributed by atoms with Gasteiger partial charge in [0.1, 0.15) is 6.04 Å². The number of likely N-dealkylation sites (tertiary alicyclic amines) is 1. The molecule has 5 nitrogen and oxygen atoms in total. The van der Waals surface area contributed by atoms with Gasteiger partial charge in [-0.2, -0.15) is 0 Å². The van der Waals surface area contributed by atoms with E-state index in [1.165, 1.54) is 4.90 Å². The highest BCUT2D eigenvalue weighted by molar-refractivity contribution is 9.10. The summed E-state index contributed by atoms with van der Waals surface area (Å²) in [6, 6.07) is 0.952. The third kappa shape index (κ3) is 3.02. The molecule has 0 bridgehead atoms. The number of rotatable bonds is 3. The fourth-order valence-corrected chi connectivity index (χ4v) is 3.37. The number of nitrogens with zero attached hydrogens (tertiary/aromatic N) is 1. The molecule has 0 unspecified atom stereocenters. The summed E-state index contributed by atoms with van der Waals surface area (Å²) in [5.74, 6) is -0.929. The van der Waals surface area contributed by atoms with E-state index >= 15 is 0 Å². The molecule has 1 atom stereocenters. The molecule has 0 radical (unpaired) electrons. The molecule has 1 fully saturated rings. The Morgan fingerprint density at radius 3 is 3.00 bits per heavy atom. The Kier molecular flexibility index (Phi) is 4.23. The Morgan fingerprint density at radius 2 is 2.39 bits per heavy atom. The number of nitrogens with one attached hydrogen (secondary N) is 1. The van der Waals surface area contributed by atoms with Crippen molar-refractivity contribution >= 4 is 39.3 Å². The molecule has 2 rings (SSSR count). The van der Waals surface area contributed by atoms with E-state index in [0.29, 0.717) is 19.5 Å². The number of carbonyl (C=O) groups excluding carboxylic acids is 1. The standard InChI is InChI=1S/C11H13BrN2O3S/c12-7-4-8(18-6-7)5-13-11(17)14-3-1-2-9(14)10(15)16/h4,6,9H,1-3,5H2,(H,13,17)(H,15,16)/t9-/m1/s1. The first-order valence-corrected chi connectivity index (χ1v) is 7.25. The molecule has 0 saturated carbocycles. The summed E-state index contributed by atoms with van der Waals surface area (Å²) in [6.07, 6.45) is 1.28. The maximum Gasteiger partial charge on any atom is 0.326 e. The van der Waals surface area contributed by atoms with Gasteiger partial charge in [-0.05, 0) is 34.8 Å². The monoisotopic (exact) mass is 332 g/mol. The lowest BCUT2D eigenvalue weighted by Gasteiger charge is -2.21. The minimum Gasteiger partial charge on any atom is -0.480 e. The van der Waals surface area contributed by atoms with Crippen LogP contribution in [0.4, 0.5) is 4.79 Å². The number of hydrogen-bond acceptors (Lipinski definition) is 3. The first kappa shape index (κ1) is 13.4. The zero-order valence-corrected chi connectivity index (χ0v) is 12.0. The number of hydrogen-bond donors (Lipinski definition) is 2. The van der Waals surface area contributed by atoms with Crippen LogP contribution in [0.2, 0.25) is 0 Å². The predicted octanol–water partition coefficient (Wildman–Crippen LogP) is 2.27. The lowest BCUT2D eigenvalue weighted by atomic mass is 10.2. The number of halogens is 1. The molecular formula is C11H13BrN2O3S. The van der Waals surface area contributed by atoms with Crippen LogP contribution in [0.1, 0.15) is 17.7 Å². The Hall–Kier alpha value is -1.08. The maximum atomic E-state index is 11.9. The van der Waals surface area contributed by atoms with Crippen molar-refractivity contribution in [2.45, 2.75) is 25.4 Å². The van der Waals surface area contributed by atoms with Crippen LogP contribution in [0.3, 0.4) is 0 Å². The second kappa shape index (κ2) is 5.71. The Balaban J connectivity index is 1.89. The minimum absolute atomic E-state index is 0.301. The number of carbonyl (C=O) groups is 2. The van der Waals surface area contributed by atoms with Crippen LogP contribution >= 0.6 is 27.3 Å². The van der Waals surface area contributed by atoms with E-state index in [-0.39, 0.29) is 6.03 Å². The summed E-state index contributed by atoms with van der Waals surface area (Å²) in [6.45, 7) is 0.939. The number of carboxylic acid groups (broad SMARTS) is 1. The van der Waals surface area contributed by atoms with Crippen LogP contribution < -0.4 is 5.32 Å². The summed E-state index contributed by atoms with van der Waals surface area (Å²) < 4.78 is 0.987. The Morgan fingerprint density at radius 1 is 1.61 bits per heavy atom. The van der Waals surface area contributed by atoms with Gasteiger partial charge in [0.2, 0.25) is 0 Å². The van der Waals surface area contributed by atoms with Gasteiger partial charge in [0.05, 0.1) is 6.54 Å². The Bertz CT molecular complexity index is 463. The van der Waals surface area contributed by atoms with Crippen molar-refractivity contribution < 1.29 is 14.7 Å². The molecule has 18 heavy (non-hydrogen) atoms. The second-order valence-corrected chi connectivity index (χ2v) is 5.99. The molecule has 1 aromatic heterocycles. The maximum absolute atomic E-state index is 11.9. The van der Waals surface area contributed by atoms with Crippen LogP contribution in [0.5, 0.6) is 0 Å². The zero-order valence-electron chi connectivity index (χ0n) is 9.56. The van der Waals surface area contributed by atoms with E-state index in [1.807, 2.05) is 11.4 Å². The van der Waals surface area contributed by atoms with E-state index < -0.39 is 12.0 Å². The third-order valence-electron chi connectivity index (χ3n) is 2.83. The van der Waals surface area contributed by atoms with Gasteiger partial charge < -0.3 is 15.3 Å². The normalized spacial score (nSPS) is 18.9. The number of thiophene rings is 1. The van der Waals surface area contributed by atoms with Crippen LogP contribution in [-0.2, 0) is 11.3 Å². The van der Waals surface area contributed by atoms with E-state index in [9.17, 15) is 9.59 Å². The van der Waals surface area contributed by atoms with Gasteiger partial charge in [-0.1, -0.05) is 0 Å². The summed E-state index contributed by atoms with van der Waals surface area (Å²) in [5, 5.41) is 13.7. The van der Waals surface area contributed by atoms with Crippen LogP contribution in [0.15, 0.2) is 15.9 Å². The van der Waals surface area contributed by atoms with Crippen LogP contribution in [0.25, 0.3) is 0 Å². The SMILES string of the molecule is O=C(O)[C@H]1CCCN1C(=O)NCc1cc(Br)cs1. The molecule has 1 aliphatic rings. The number of carboxylic acids is 1. The average molecular weight is 333 g/mol.